The lowest BCUT2D eigenvalue weighted by Gasteiger charge is -2.11. The highest BCUT2D eigenvalue weighted by molar-refractivity contribution is 5.36. The fourth-order valence-electron chi connectivity index (χ4n) is 1.24. The zero-order valence-electron chi connectivity index (χ0n) is 9.12. The molecule has 0 radical (unpaired) electrons. The Hall–Kier alpha value is -1.09. The summed E-state index contributed by atoms with van der Waals surface area (Å²) in [4.78, 5) is 4.30. The summed E-state index contributed by atoms with van der Waals surface area (Å²) in [6, 6.07) is 4.53. The average Bonchev–Trinajstić information content (AvgIpc) is 2.17. The van der Waals surface area contributed by atoms with Crippen molar-refractivity contribution >= 4 is 5.82 Å². The molecule has 0 spiro atoms. The molecule has 0 saturated carbocycles. The second-order valence-electron chi connectivity index (χ2n) is 3.79. The molecule has 0 fully saturated rings. The number of anilines is 1. The van der Waals surface area contributed by atoms with Crippen LogP contribution < -0.4 is 11.1 Å². The minimum atomic E-state index is 0.107. The van der Waals surface area contributed by atoms with Crippen molar-refractivity contribution < 1.29 is 0 Å². The monoisotopic (exact) mass is 193 g/mol. The SMILES string of the molecule is CCC(N)c1ccc(NC(C)C)nc1. The minimum absolute atomic E-state index is 0.107. The summed E-state index contributed by atoms with van der Waals surface area (Å²) in [6.45, 7) is 6.26. The number of rotatable bonds is 4. The van der Waals surface area contributed by atoms with Crippen LogP contribution in [0.2, 0.25) is 0 Å². The number of pyridine rings is 1. The van der Waals surface area contributed by atoms with Crippen molar-refractivity contribution in [3.05, 3.63) is 23.9 Å². The number of nitrogens with two attached hydrogens (primary N) is 1. The van der Waals surface area contributed by atoms with Gasteiger partial charge >= 0.3 is 0 Å². The van der Waals surface area contributed by atoms with E-state index in [4.69, 9.17) is 5.73 Å². The van der Waals surface area contributed by atoms with Crippen LogP contribution in [0, 0.1) is 0 Å². The predicted molar refractivity (Wildman–Crippen MR) is 60.2 cm³/mol. The summed E-state index contributed by atoms with van der Waals surface area (Å²) < 4.78 is 0. The molecule has 3 heteroatoms. The summed E-state index contributed by atoms with van der Waals surface area (Å²) >= 11 is 0. The van der Waals surface area contributed by atoms with E-state index in [1.165, 1.54) is 0 Å². The first-order chi connectivity index (χ1) is 6.63. The van der Waals surface area contributed by atoms with Crippen LogP contribution in [-0.4, -0.2) is 11.0 Å². The summed E-state index contributed by atoms with van der Waals surface area (Å²) in [6.07, 6.45) is 2.79. The van der Waals surface area contributed by atoms with Crippen LogP contribution in [0.5, 0.6) is 0 Å². The van der Waals surface area contributed by atoms with Gasteiger partial charge in [0.1, 0.15) is 5.82 Å². The van der Waals surface area contributed by atoms with Crippen molar-refractivity contribution in [3.63, 3.8) is 0 Å². The van der Waals surface area contributed by atoms with Gasteiger partial charge in [-0.15, -0.1) is 0 Å². The molecule has 3 nitrogen and oxygen atoms in total. The molecular formula is C11H19N3. The lowest BCUT2D eigenvalue weighted by atomic mass is 10.1. The molecule has 0 aromatic carbocycles. The minimum Gasteiger partial charge on any atom is -0.368 e. The highest BCUT2D eigenvalue weighted by atomic mass is 15.0. The molecule has 1 rings (SSSR count). The summed E-state index contributed by atoms with van der Waals surface area (Å²) in [5, 5.41) is 3.24. The Morgan fingerprint density at radius 3 is 2.57 bits per heavy atom. The topological polar surface area (TPSA) is 50.9 Å². The van der Waals surface area contributed by atoms with Crippen molar-refractivity contribution in [1.29, 1.82) is 0 Å². The molecule has 0 aliphatic heterocycles. The maximum Gasteiger partial charge on any atom is 0.126 e. The largest absolute Gasteiger partial charge is 0.368 e. The van der Waals surface area contributed by atoms with Crippen molar-refractivity contribution in [2.75, 3.05) is 5.32 Å². The molecule has 1 aromatic heterocycles. The van der Waals surface area contributed by atoms with Crippen molar-refractivity contribution in [3.8, 4) is 0 Å². The second-order valence-corrected chi connectivity index (χ2v) is 3.79. The molecule has 1 unspecified atom stereocenters. The van der Waals surface area contributed by atoms with Gasteiger partial charge in [0.2, 0.25) is 0 Å². The molecule has 3 N–H and O–H groups in total. The second kappa shape index (κ2) is 4.96. The van der Waals surface area contributed by atoms with E-state index in [2.05, 4.69) is 31.1 Å². The van der Waals surface area contributed by atoms with E-state index in [-0.39, 0.29) is 6.04 Å². The van der Waals surface area contributed by atoms with E-state index < -0.39 is 0 Å². The molecule has 0 aliphatic carbocycles. The summed E-state index contributed by atoms with van der Waals surface area (Å²) in [5.74, 6) is 0.909. The first-order valence-electron chi connectivity index (χ1n) is 5.11. The van der Waals surface area contributed by atoms with Crippen LogP contribution in [0.25, 0.3) is 0 Å². The van der Waals surface area contributed by atoms with Gasteiger partial charge < -0.3 is 11.1 Å². The maximum atomic E-state index is 5.89. The van der Waals surface area contributed by atoms with Gasteiger partial charge in [-0.1, -0.05) is 13.0 Å². The quantitative estimate of drug-likeness (QED) is 0.771. The van der Waals surface area contributed by atoms with Crippen LogP contribution in [0.3, 0.4) is 0 Å². The molecule has 0 amide bonds. The molecule has 1 aromatic rings. The van der Waals surface area contributed by atoms with Crippen molar-refractivity contribution in [2.24, 2.45) is 5.73 Å². The van der Waals surface area contributed by atoms with E-state index in [1.807, 2.05) is 18.3 Å². The molecule has 0 saturated heterocycles. The van der Waals surface area contributed by atoms with Gasteiger partial charge in [-0.2, -0.15) is 0 Å². The number of nitrogens with zero attached hydrogens (tertiary/aromatic N) is 1. The Balaban J connectivity index is 2.68. The molecule has 1 heterocycles. The van der Waals surface area contributed by atoms with Crippen molar-refractivity contribution in [2.45, 2.75) is 39.3 Å². The number of nitrogens with one attached hydrogen (secondary N) is 1. The van der Waals surface area contributed by atoms with Gasteiger partial charge in [-0.3, -0.25) is 0 Å². The van der Waals surface area contributed by atoms with Gasteiger partial charge in [0.25, 0.3) is 0 Å². The van der Waals surface area contributed by atoms with Gasteiger partial charge in [0.05, 0.1) is 0 Å². The third-order valence-corrected chi connectivity index (χ3v) is 2.09. The van der Waals surface area contributed by atoms with E-state index in [0.29, 0.717) is 6.04 Å². The zero-order chi connectivity index (χ0) is 10.6. The van der Waals surface area contributed by atoms with Gasteiger partial charge in [-0.25, -0.2) is 4.98 Å². The lowest BCUT2D eigenvalue weighted by molar-refractivity contribution is 0.695. The van der Waals surface area contributed by atoms with E-state index in [1.54, 1.807) is 0 Å². The number of hydrogen-bond acceptors (Lipinski definition) is 3. The van der Waals surface area contributed by atoms with Crippen LogP contribution in [0.4, 0.5) is 5.82 Å². The van der Waals surface area contributed by atoms with Crippen molar-refractivity contribution in [1.82, 2.24) is 4.98 Å². The lowest BCUT2D eigenvalue weighted by Crippen LogP contribution is -2.12. The predicted octanol–water partition coefficient (Wildman–Crippen LogP) is 2.31. The van der Waals surface area contributed by atoms with E-state index in [0.717, 1.165) is 17.8 Å². The zero-order valence-corrected chi connectivity index (χ0v) is 9.12. The molecule has 1 atom stereocenters. The first-order valence-corrected chi connectivity index (χ1v) is 5.11. The number of aromatic nitrogens is 1. The molecule has 78 valence electrons. The normalized spacial score (nSPS) is 12.9. The van der Waals surface area contributed by atoms with Gasteiger partial charge in [-0.05, 0) is 31.9 Å². The summed E-state index contributed by atoms with van der Waals surface area (Å²) in [7, 11) is 0. The number of hydrogen-bond donors (Lipinski definition) is 2. The highest BCUT2D eigenvalue weighted by Gasteiger charge is 2.03. The smallest absolute Gasteiger partial charge is 0.126 e. The molecule has 0 aliphatic rings. The van der Waals surface area contributed by atoms with Gasteiger partial charge in [0.15, 0.2) is 0 Å². The first kappa shape index (κ1) is 11.0. The Morgan fingerprint density at radius 2 is 2.14 bits per heavy atom. The summed E-state index contributed by atoms with van der Waals surface area (Å²) in [5.41, 5.74) is 6.98. The Labute approximate surface area is 85.7 Å². The third kappa shape index (κ3) is 3.00. The fraction of sp³-hybridized carbons (Fsp3) is 0.545. The fourth-order valence-corrected chi connectivity index (χ4v) is 1.24. The highest BCUT2D eigenvalue weighted by Crippen LogP contribution is 2.14. The van der Waals surface area contributed by atoms with Crippen LogP contribution in [0.15, 0.2) is 18.3 Å². The van der Waals surface area contributed by atoms with Gasteiger partial charge in [0, 0.05) is 18.3 Å². The molecule has 14 heavy (non-hydrogen) atoms. The molecular weight excluding hydrogens is 174 g/mol. The average molecular weight is 193 g/mol. The maximum absolute atomic E-state index is 5.89. The van der Waals surface area contributed by atoms with Crippen LogP contribution >= 0.6 is 0 Å². The van der Waals surface area contributed by atoms with E-state index in [9.17, 15) is 0 Å². The third-order valence-electron chi connectivity index (χ3n) is 2.09. The van der Waals surface area contributed by atoms with Crippen LogP contribution in [0.1, 0.15) is 38.8 Å². The Kier molecular flexibility index (Phi) is 3.89. The van der Waals surface area contributed by atoms with Crippen LogP contribution in [-0.2, 0) is 0 Å². The molecule has 0 bridgehead atoms. The Bertz CT molecular complexity index is 266. The Morgan fingerprint density at radius 1 is 1.43 bits per heavy atom. The standard InChI is InChI=1S/C11H19N3/c1-4-10(12)9-5-6-11(13-7-9)14-8(2)3/h5-8,10H,4,12H2,1-3H3,(H,13,14). The van der Waals surface area contributed by atoms with E-state index >= 15 is 0 Å².